The molecule has 0 aliphatic heterocycles. The predicted molar refractivity (Wildman–Crippen MR) is 74.0 cm³/mol. The predicted octanol–water partition coefficient (Wildman–Crippen LogP) is 3.64. The van der Waals surface area contributed by atoms with Crippen molar-refractivity contribution < 1.29 is 4.79 Å². The van der Waals surface area contributed by atoms with Crippen LogP contribution in [0.2, 0.25) is 5.02 Å². The van der Waals surface area contributed by atoms with Crippen LogP contribution in [-0.4, -0.2) is 12.1 Å². The minimum Gasteiger partial charge on any atom is -0.267 e. The van der Waals surface area contributed by atoms with Gasteiger partial charge in [0.25, 0.3) is 5.91 Å². The van der Waals surface area contributed by atoms with E-state index in [1.165, 1.54) is 32.1 Å². The molecule has 0 atom stereocenters. The van der Waals surface area contributed by atoms with Crippen molar-refractivity contribution in [2.45, 2.75) is 32.1 Å². The average molecular weight is 265 g/mol. The maximum absolute atomic E-state index is 11.7. The molecule has 0 bridgehead atoms. The third-order valence-electron chi connectivity index (χ3n) is 3.21. The first-order chi connectivity index (χ1) is 8.75. The van der Waals surface area contributed by atoms with Crippen molar-refractivity contribution in [3.05, 3.63) is 34.9 Å². The largest absolute Gasteiger partial charge is 0.271 e. The van der Waals surface area contributed by atoms with E-state index in [9.17, 15) is 4.79 Å². The number of benzene rings is 1. The van der Waals surface area contributed by atoms with E-state index in [-0.39, 0.29) is 5.91 Å². The summed E-state index contributed by atoms with van der Waals surface area (Å²) in [7, 11) is 0. The molecule has 1 aromatic carbocycles. The van der Waals surface area contributed by atoms with Crippen LogP contribution in [-0.2, 0) is 0 Å². The summed E-state index contributed by atoms with van der Waals surface area (Å²) in [5, 5.41) is 4.66. The van der Waals surface area contributed by atoms with E-state index >= 15 is 0 Å². The zero-order valence-electron chi connectivity index (χ0n) is 10.2. The smallest absolute Gasteiger partial charge is 0.267 e. The Morgan fingerprint density at radius 2 is 1.89 bits per heavy atom. The second kappa shape index (κ2) is 6.55. The molecule has 0 saturated heterocycles. The fraction of sp³-hybridized carbons (Fsp3) is 0.429. The summed E-state index contributed by atoms with van der Waals surface area (Å²) in [6.07, 6.45) is 8.08. The van der Waals surface area contributed by atoms with Gasteiger partial charge in [-0.3, -0.25) is 4.79 Å². The molecular formula is C14H17ClN2O. The lowest BCUT2D eigenvalue weighted by atomic mass is 9.90. The first-order valence-corrected chi connectivity index (χ1v) is 6.72. The van der Waals surface area contributed by atoms with Crippen LogP contribution in [0.15, 0.2) is 29.4 Å². The number of amides is 1. The Hall–Kier alpha value is -1.35. The summed E-state index contributed by atoms with van der Waals surface area (Å²) in [5.41, 5.74) is 3.12. The van der Waals surface area contributed by atoms with Crippen LogP contribution < -0.4 is 5.43 Å². The van der Waals surface area contributed by atoms with Crippen LogP contribution in [0.5, 0.6) is 0 Å². The SMILES string of the molecule is O=C(N/N=C\C1CCCCC1)c1ccc(Cl)cc1. The number of nitrogens with one attached hydrogen (secondary N) is 1. The molecule has 3 nitrogen and oxygen atoms in total. The van der Waals surface area contributed by atoms with Gasteiger partial charge in [-0.15, -0.1) is 0 Å². The maximum atomic E-state index is 11.7. The lowest BCUT2D eigenvalue weighted by Gasteiger charge is -2.16. The molecule has 0 spiro atoms. The number of hydrogen-bond donors (Lipinski definition) is 1. The summed E-state index contributed by atoms with van der Waals surface area (Å²) in [6.45, 7) is 0. The van der Waals surface area contributed by atoms with Gasteiger partial charge >= 0.3 is 0 Å². The molecule has 2 rings (SSSR count). The van der Waals surface area contributed by atoms with E-state index in [1.54, 1.807) is 24.3 Å². The molecule has 4 heteroatoms. The molecule has 96 valence electrons. The molecule has 1 fully saturated rings. The minimum absolute atomic E-state index is 0.196. The highest BCUT2D eigenvalue weighted by atomic mass is 35.5. The van der Waals surface area contributed by atoms with Crippen molar-refractivity contribution in [3.8, 4) is 0 Å². The zero-order chi connectivity index (χ0) is 12.8. The van der Waals surface area contributed by atoms with Gasteiger partial charge in [-0.1, -0.05) is 30.9 Å². The monoisotopic (exact) mass is 264 g/mol. The van der Waals surface area contributed by atoms with Crippen LogP contribution in [0, 0.1) is 5.92 Å². The van der Waals surface area contributed by atoms with E-state index in [1.807, 2.05) is 6.21 Å². The standard InChI is InChI=1S/C14H17ClN2O/c15-13-8-6-12(7-9-13)14(18)17-16-10-11-4-2-1-3-5-11/h6-11H,1-5H2,(H,17,18)/b16-10-. The molecule has 18 heavy (non-hydrogen) atoms. The fourth-order valence-corrected chi connectivity index (χ4v) is 2.28. The van der Waals surface area contributed by atoms with Crippen molar-refractivity contribution in [1.82, 2.24) is 5.43 Å². The molecule has 0 radical (unpaired) electrons. The van der Waals surface area contributed by atoms with Gasteiger partial charge in [0.2, 0.25) is 0 Å². The summed E-state index contributed by atoms with van der Waals surface area (Å²) >= 11 is 5.76. The van der Waals surface area contributed by atoms with E-state index < -0.39 is 0 Å². The molecule has 1 saturated carbocycles. The van der Waals surface area contributed by atoms with Gasteiger partial charge in [-0.05, 0) is 43.0 Å². The van der Waals surface area contributed by atoms with Crippen LogP contribution in [0.25, 0.3) is 0 Å². The second-order valence-electron chi connectivity index (χ2n) is 4.62. The highest BCUT2D eigenvalue weighted by Crippen LogP contribution is 2.21. The Bertz CT molecular complexity index is 422. The molecule has 0 heterocycles. The summed E-state index contributed by atoms with van der Waals surface area (Å²) in [6, 6.07) is 6.77. The number of carbonyl (C=O) groups is 1. The van der Waals surface area contributed by atoms with Crippen molar-refractivity contribution >= 4 is 23.7 Å². The molecule has 1 aliphatic carbocycles. The van der Waals surface area contributed by atoms with Gasteiger partial charge < -0.3 is 0 Å². The normalized spacial score (nSPS) is 16.9. The molecule has 1 aliphatic rings. The maximum Gasteiger partial charge on any atom is 0.271 e. The van der Waals surface area contributed by atoms with Gasteiger partial charge in [0.1, 0.15) is 0 Å². The minimum atomic E-state index is -0.196. The van der Waals surface area contributed by atoms with Gasteiger partial charge in [0.05, 0.1) is 0 Å². The number of halogens is 1. The average Bonchev–Trinajstić information content (AvgIpc) is 2.40. The molecular weight excluding hydrogens is 248 g/mol. The van der Waals surface area contributed by atoms with E-state index in [2.05, 4.69) is 10.5 Å². The molecule has 0 aromatic heterocycles. The Labute approximate surface area is 112 Å². The fourth-order valence-electron chi connectivity index (χ4n) is 2.15. The Morgan fingerprint density at radius 1 is 1.22 bits per heavy atom. The molecule has 1 aromatic rings. The third-order valence-corrected chi connectivity index (χ3v) is 3.46. The van der Waals surface area contributed by atoms with E-state index in [0.29, 0.717) is 16.5 Å². The number of rotatable bonds is 3. The topological polar surface area (TPSA) is 41.5 Å². The lowest BCUT2D eigenvalue weighted by Crippen LogP contribution is -2.19. The number of hydrazone groups is 1. The van der Waals surface area contributed by atoms with Crippen molar-refractivity contribution in [3.63, 3.8) is 0 Å². The van der Waals surface area contributed by atoms with Crippen molar-refractivity contribution in [2.75, 3.05) is 0 Å². The van der Waals surface area contributed by atoms with E-state index in [0.717, 1.165) is 0 Å². The Balaban J connectivity index is 1.83. The summed E-state index contributed by atoms with van der Waals surface area (Å²) in [4.78, 5) is 11.7. The quantitative estimate of drug-likeness (QED) is 0.657. The highest BCUT2D eigenvalue weighted by Gasteiger charge is 2.11. The number of hydrogen-bond acceptors (Lipinski definition) is 2. The van der Waals surface area contributed by atoms with Crippen LogP contribution in [0.1, 0.15) is 42.5 Å². The Kier molecular flexibility index (Phi) is 4.76. The number of nitrogens with zero attached hydrogens (tertiary/aromatic N) is 1. The summed E-state index contributed by atoms with van der Waals surface area (Å²) < 4.78 is 0. The lowest BCUT2D eigenvalue weighted by molar-refractivity contribution is 0.0955. The Morgan fingerprint density at radius 3 is 2.56 bits per heavy atom. The van der Waals surface area contributed by atoms with Gasteiger partial charge in [0.15, 0.2) is 0 Å². The molecule has 0 unspecified atom stereocenters. The van der Waals surface area contributed by atoms with Crippen LogP contribution in [0.4, 0.5) is 0 Å². The zero-order valence-corrected chi connectivity index (χ0v) is 11.0. The molecule has 1 N–H and O–H groups in total. The van der Waals surface area contributed by atoms with Crippen molar-refractivity contribution in [1.29, 1.82) is 0 Å². The number of carbonyl (C=O) groups excluding carboxylic acids is 1. The third kappa shape index (κ3) is 3.84. The van der Waals surface area contributed by atoms with Crippen molar-refractivity contribution in [2.24, 2.45) is 11.0 Å². The van der Waals surface area contributed by atoms with Gasteiger partial charge in [-0.2, -0.15) is 5.10 Å². The summed E-state index contributed by atoms with van der Waals surface area (Å²) in [5.74, 6) is 0.322. The van der Waals surface area contributed by atoms with E-state index in [4.69, 9.17) is 11.6 Å². The van der Waals surface area contributed by atoms with Gasteiger partial charge in [-0.25, -0.2) is 5.43 Å². The molecule has 1 amide bonds. The second-order valence-corrected chi connectivity index (χ2v) is 5.06. The van der Waals surface area contributed by atoms with Gasteiger partial charge in [0, 0.05) is 16.8 Å². The first-order valence-electron chi connectivity index (χ1n) is 6.35. The first kappa shape index (κ1) is 13.1. The van der Waals surface area contributed by atoms with Crippen LogP contribution in [0.3, 0.4) is 0 Å². The van der Waals surface area contributed by atoms with Crippen LogP contribution >= 0.6 is 11.6 Å². The highest BCUT2D eigenvalue weighted by molar-refractivity contribution is 6.30.